The molecule has 3 fully saturated rings. The molecule has 3 aliphatic rings. The summed E-state index contributed by atoms with van der Waals surface area (Å²) in [5, 5.41) is 14.8. The van der Waals surface area contributed by atoms with E-state index in [1.165, 1.54) is 0 Å². The van der Waals surface area contributed by atoms with E-state index < -0.39 is 11.4 Å². The third kappa shape index (κ3) is 2.21. The Kier molecular flexibility index (Phi) is 3.19. The molecule has 0 atom stereocenters. The summed E-state index contributed by atoms with van der Waals surface area (Å²) >= 11 is 0. The van der Waals surface area contributed by atoms with E-state index in [9.17, 15) is 14.7 Å². The highest BCUT2D eigenvalue weighted by Crippen LogP contribution is 2.52. The fourth-order valence-corrected chi connectivity index (χ4v) is 4.30. The monoisotopic (exact) mass is 362 g/mol. The summed E-state index contributed by atoms with van der Waals surface area (Å²) in [4.78, 5) is 30.6. The lowest BCUT2D eigenvalue weighted by Crippen LogP contribution is -2.41. The minimum absolute atomic E-state index is 0.0254. The number of carbonyl (C=O) groups excluding carboxylic acids is 1. The standard InChI is InChI=1S/C20H18N4O3/c1-12-16-7-13(18(25)23-11-20(19(26)27)8-15(23)9-20)10-21-17(16)24(22-12)14-5-3-2-4-6-14/h2-7,10,15H,8-9,11H2,1H3,(H,26,27). The second-order valence-corrected chi connectivity index (χ2v) is 7.51. The van der Waals surface area contributed by atoms with Gasteiger partial charge in [0, 0.05) is 24.2 Å². The number of para-hydroxylation sites is 1. The summed E-state index contributed by atoms with van der Waals surface area (Å²) in [5.74, 6) is -0.954. The number of carboxylic acid groups (broad SMARTS) is 1. The zero-order valence-corrected chi connectivity index (χ0v) is 14.8. The summed E-state index contributed by atoms with van der Waals surface area (Å²) in [5.41, 5.74) is 2.13. The molecule has 4 heterocycles. The Hall–Kier alpha value is -3.22. The first-order valence-corrected chi connectivity index (χ1v) is 8.94. The Bertz CT molecular complexity index is 1080. The molecule has 3 aromatic rings. The van der Waals surface area contributed by atoms with Gasteiger partial charge in [-0.15, -0.1) is 0 Å². The van der Waals surface area contributed by atoms with Crippen molar-refractivity contribution in [2.45, 2.75) is 25.8 Å². The van der Waals surface area contributed by atoms with Gasteiger partial charge in [-0.2, -0.15) is 5.10 Å². The molecule has 0 unspecified atom stereocenters. The van der Waals surface area contributed by atoms with Gasteiger partial charge in [0.15, 0.2) is 5.65 Å². The number of aryl methyl sites for hydroxylation is 1. The van der Waals surface area contributed by atoms with Crippen LogP contribution in [0.2, 0.25) is 0 Å². The van der Waals surface area contributed by atoms with Crippen molar-refractivity contribution in [1.29, 1.82) is 0 Å². The van der Waals surface area contributed by atoms with Gasteiger partial charge in [0.05, 0.1) is 22.4 Å². The number of pyridine rings is 1. The van der Waals surface area contributed by atoms with Gasteiger partial charge in [0.2, 0.25) is 0 Å². The lowest BCUT2D eigenvalue weighted by atomic mass is 9.70. The fraction of sp³-hybridized carbons (Fsp3) is 0.300. The zero-order valence-electron chi connectivity index (χ0n) is 14.8. The first kappa shape index (κ1) is 16.0. The summed E-state index contributed by atoms with van der Waals surface area (Å²) in [6.45, 7) is 2.18. The second-order valence-electron chi connectivity index (χ2n) is 7.51. The maximum atomic E-state index is 12.9. The van der Waals surface area contributed by atoms with E-state index in [0.29, 0.717) is 24.1 Å². The van der Waals surface area contributed by atoms with Crippen molar-refractivity contribution >= 4 is 22.9 Å². The van der Waals surface area contributed by atoms with Crippen LogP contribution >= 0.6 is 0 Å². The molecule has 2 saturated heterocycles. The molecule has 0 spiro atoms. The van der Waals surface area contributed by atoms with Gasteiger partial charge in [-0.1, -0.05) is 18.2 Å². The van der Waals surface area contributed by atoms with Gasteiger partial charge in [-0.05, 0) is 38.0 Å². The van der Waals surface area contributed by atoms with Crippen molar-refractivity contribution < 1.29 is 14.7 Å². The summed E-state index contributed by atoms with van der Waals surface area (Å²) in [7, 11) is 0. The van der Waals surface area contributed by atoms with E-state index in [1.54, 1.807) is 15.8 Å². The predicted molar refractivity (Wildman–Crippen MR) is 97.7 cm³/mol. The molecule has 2 aromatic heterocycles. The van der Waals surface area contributed by atoms with Gasteiger partial charge in [0.1, 0.15) is 0 Å². The second kappa shape index (κ2) is 5.39. The molecule has 27 heavy (non-hydrogen) atoms. The molecule has 1 N–H and O–H groups in total. The van der Waals surface area contributed by atoms with Crippen molar-refractivity contribution in [3.05, 3.63) is 53.9 Å². The summed E-state index contributed by atoms with van der Waals surface area (Å²) < 4.78 is 1.77. The Morgan fingerprint density at radius 2 is 1.96 bits per heavy atom. The Labute approximate surface area is 155 Å². The number of aromatic nitrogens is 3. The largest absolute Gasteiger partial charge is 0.481 e. The molecule has 1 aromatic carbocycles. The number of nitrogens with zero attached hydrogens (tertiary/aromatic N) is 4. The van der Waals surface area contributed by atoms with Gasteiger partial charge >= 0.3 is 5.97 Å². The number of benzene rings is 1. The maximum Gasteiger partial charge on any atom is 0.311 e. The molecule has 6 rings (SSSR count). The van der Waals surface area contributed by atoms with Crippen LogP contribution in [0.5, 0.6) is 0 Å². The highest BCUT2D eigenvalue weighted by molar-refractivity contribution is 5.99. The molecule has 1 amide bonds. The van der Waals surface area contributed by atoms with E-state index in [-0.39, 0.29) is 18.5 Å². The molecule has 136 valence electrons. The predicted octanol–water partition coefficient (Wildman–Crippen LogP) is 2.42. The molecular formula is C20H18N4O3. The molecule has 7 nitrogen and oxygen atoms in total. The molecule has 1 aliphatic carbocycles. The lowest BCUT2D eigenvalue weighted by Gasteiger charge is -2.32. The molecule has 2 bridgehead atoms. The molecule has 1 saturated carbocycles. The van der Waals surface area contributed by atoms with Crippen LogP contribution in [0.25, 0.3) is 16.7 Å². The van der Waals surface area contributed by atoms with Crippen LogP contribution in [0.1, 0.15) is 28.9 Å². The van der Waals surface area contributed by atoms with Crippen molar-refractivity contribution in [2.24, 2.45) is 5.41 Å². The fourth-order valence-electron chi connectivity index (χ4n) is 4.30. The van der Waals surface area contributed by atoms with Crippen LogP contribution in [-0.2, 0) is 4.79 Å². The Morgan fingerprint density at radius 3 is 2.63 bits per heavy atom. The number of amides is 1. The van der Waals surface area contributed by atoms with Crippen molar-refractivity contribution in [3.63, 3.8) is 0 Å². The number of carbonyl (C=O) groups is 2. The molecule has 7 heteroatoms. The highest BCUT2D eigenvalue weighted by atomic mass is 16.4. The highest BCUT2D eigenvalue weighted by Gasteiger charge is 2.61. The van der Waals surface area contributed by atoms with E-state index >= 15 is 0 Å². The van der Waals surface area contributed by atoms with E-state index in [4.69, 9.17) is 0 Å². The smallest absolute Gasteiger partial charge is 0.311 e. The summed E-state index contributed by atoms with van der Waals surface area (Å²) in [6.07, 6.45) is 2.66. The number of carboxylic acids is 1. The van der Waals surface area contributed by atoms with Crippen molar-refractivity contribution in [3.8, 4) is 5.69 Å². The van der Waals surface area contributed by atoms with Gasteiger partial charge in [-0.25, -0.2) is 9.67 Å². The van der Waals surface area contributed by atoms with Crippen LogP contribution < -0.4 is 0 Å². The summed E-state index contributed by atoms with van der Waals surface area (Å²) in [6, 6.07) is 11.6. The molecule has 2 aliphatic heterocycles. The average molecular weight is 362 g/mol. The first-order valence-electron chi connectivity index (χ1n) is 8.94. The zero-order chi connectivity index (χ0) is 18.8. The third-order valence-electron chi connectivity index (χ3n) is 5.84. The van der Waals surface area contributed by atoms with E-state index in [1.807, 2.05) is 43.3 Å². The van der Waals surface area contributed by atoms with Gasteiger partial charge < -0.3 is 10.0 Å². The molecular weight excluding hydrogens is 344 g/mol. The van der Waals surface area contributed by atoms with Crippen LogP contribution in [0.3, 0.4) is 0 Å². The van der Waals surface area contributed by atoms with E-state index in [2.05, 4.69) is 10.1 Å². The number of fused-ring (bicyclic) bond motifs is 2. The normalized spacial score (nSPS) is 23.4. The van der Waals surface area contributed by atoms with Crippen LogP contribution in [-0.4, -0.2) is 49.2 Å². The average Bonchev–Trinajstić information content (AvgIpc) is 3.32. The Balaban J connectivity index is 1.50. The minimum atomic E-state index is -0.803. The van der Waals surface area contributed by atoms with Crippen LogP contribution in [0.4, 0.5) is 0 Å². The third-order valence-corrected chi connectivity index (χ3v) is 5.84. The van der Waals surface area contributed by atoms with Gasteiger partial charge in [-0.3, -0.25) is 9.59 Å². The Morgan fingerprint density at radius 1 is 1.22 bits per heavy atom. The van der Waals surface area contributed by atoms with Gasteiger partial charge in [0.25, 0.3) is 5.91 Å². The number of hydrogen-bond donors (Lipinski definition) is 1. The minimum Gasteiger partial charge on any atom is -0.481 e. The SMILES string of the molecule is Cc1nn(-c2ccccc2)c2ncc(C(=O)N3CC4(C(=O)O)CC3C4)cc12. The molecule has 0 radical (unpaired) electrons. The van der Waals surface area contributed by atoms with Crippen molar-refractivity contribution in [2.75, 3.05) is 6.54 Å². The maximum absolute atomic E-state index is 12.9. The van der Waals surface area contributed by atoms with Crippen LogP contribution in [0, 0.1) is 12.3 Å². The topological polar surface area (TPSA) is 88.3 Å². The number of rotatable bonds is 3. The number of aliphatic carboxylic acids is 1. The van der Waals surface area contributed by atoms with Crippen molar-refractivity contribution in [1.82, 2.24) is 19.7 Å². The lowest BCUT2D eigenvalue weighted by molar-refractivity contribution is -0.150. The first-order chi connectivity index (χ1) is 13.0. The quantitative estimate of drug-likeness (QED) is 0.773. The number of hydrogen-bond acceptors (Lipinski definition) is 4. The van der Waals surface area contributed by atoms with Crippen LogP contribution in [0.15, 0.2) is 42.6 Å². The van der Waals surface area contributed by atoms with E-state index in [0.717, 1.165) is 16.8 Å².